The summed E-state index contributed by atoms with van der Waals surface area (Å²) in [7, 11) is 0. The third-order valence-corrected chi connectivity index (χ3v) is 4.42. The number of hydrogen-bond donors (Lipinski definition) is 2. The zero-order chi connectivity index (χ0) is 18.2. The van der Waals surface area contributed by atoms with Gasteiger partial charge in [0.1, 0.15) is 5.60 Å². The molecule has 2 aromatic rings. The van der Waals surface area contributed by atoms with Gasteiger partial charge in [-0.3, -0.25) is 4.79 Å². The van der Waals surface area contributed by atoms with E-state index in [1.807, 2.05) is 20.8 Å². The second kappa shape index (κ2) is 6.15. The van der Waals surface area contributed by atoms with E-state index in [0.717, 1.165) is 0 Å². The van der Waals surface area contributed by atoms with E-state index in [9.17, 15) is 14.7 Å². The number of carbonyl (C=O) groups is 1. The molecule has 1 aliphatic rings. The summed E-state index contributed by atoms with van der Waals surface area (Å²) in [6, 6.07) is 5.21. The van der Waals surface area contributed by atoms with Gasteiger partial charge in [0, 0.05) is 13.1 Å². The van der Waals surface area contributed by atoms with Gasteiger partial charge in [-0.1, -0.05) is 6.07 Å². The molecule has 1 aliphatic heterocycles. The Balaban J connectivity index is 1.78. The van der Waals surface area contributed by atoms with Crippen LogP contribution in [0.5, 0.6) is 0 Å². The highest BCUT2D eigenvalue weighted by molar-refractivity contribution is 5.78. The Morgan fingerprint density at radius 3 is 2.64 bits per heavy atom. The van der Waals surface area contributed by atoms with Gasteiger partial charge in [-0.05, 0) is 51.3 Å². The number of hydrogen-bond acceptors (Lipinski definition) is 5. The number of aromatic nitrogens is 2. The third kappa shape index (κ3) is 3.66. The summed E-state index contributed by atoms with van der Waals surface area (Å²) in [6.07, 6.45) is 1.76. The Morgan fingerprint density at radius 1 is 1.32 bits per heavy atom. The van der Waals surface area contributed by atoms with E-state index in [-0.39, 0.29) is 11.7 Å². The fourth-order valence-corrected chi connectivity index (χ4v) is 3.03. The molecule has 134 valence electrons. The van der Waals surface area contributed by atoms with Crippen LogP contribution in [0.4, 0.5) is 4.79 Å². The van der Waals surface area contributed by atoms with Gasteiger partial charge in [0.25, 0.3) is 5.56 Å². The van der Waals surface area contributed by atoms with Gasteiger partial charge in [-0.25, -0.2) is 9.78 Å². The number of nitrogens with one attached hydrogen (secondary N) is 1. The van der Waals surface area contributed by atoms with Crippen molar-refractivity contribution < 1.29 is 14.6 Å². The molecule has 1 amide bonds. The highest BCUT2D eigenvalue weighted by Crippen LogP contribution is 2.34. The number of likely N-dealkylation sites (tertiary alicyclic amines) is 1. The van der Waals surface area contributed by atoms with Crippen molar-refractivity contribution in [1.29, 1.82) is 0 Å². The summed E-state index contributed by atoms with van der Waals surface area (Å²) in [4.78, 5) is 32.4. The fourth-order valence-electron chi connectivity index (χ4n) is 3.03. The van der Waals surface area contributed by atoms with E-state index < -0.39 is 11.2 Å². The summed E-state index contributed by atoms with van der Waals surface area (Å²) >= 11 is 0. The predicted molar refractivity (Wildman–Crippen MR) is 93.3 cm³/mol. The van der Waals surface area contributed by atoms with E-state index in [0.29, 0.717) is 42.4 Å². The maximum Gasteiger partial charge on any atom is 0.410 e. The molecule has 7 nitrogen and oxygen atoms in total. The van der Waals surface area contributed by atoms with E-state index in [2.05, 4.69) is 9.97 Å². The van der Waals surface area contributed by atoms with Crippen molar-refractivity contribution in [2.45, 2.75) is 44.8 Å². The lowest BCUT2D eigenvalue weighted by Crippen LogP contribution is -2.46. The van der Waals surface area contributed by atoms with Crippen molar-refractivity contribution in [1.82, 2.24) is 14.9 Å². The minimum absolute atomic E-state index is 0.235. The number of rotatable bonds is 1. The lowest BCUT2D eigenvalue weighted by Gasteiger charge is -2.39. The molecule has 1 saturated heterocycles. The summed E-state index contributed by atoms with van der Waals surface area (Å²) in [6.45, 7) is 6.27. The molecule has 0 radical (unpaired) electrons. The Labute approximate surface area is 145 Å². The monoisotopic (exact) mass is 345 g/mol. The van der Waals surface area contributed by atoms with Crippen LogP contribution < -0.4 is 5.56 Å². The highest BCUT2D eigenvalue weighted by atomic mass is 16.6. The van der Waals surface area contributed by atoms with Crippen LogP contribution in [0.2, 0.25) is 0 Å². The van der Waals surface area contributed by atoms with Crippen molar-refractivity contribution in [2.75, 3.05) is 13.1 Å². The third-order valence-electron chi connectivity index (χ3n) is 4.42. The minimum Gasteiger partial charge on any atom is -0.444 e. The summed E-state index contributed by atoms with van der Waals surface area (Å²) in [5, 5.41) is 11.5. The molecule has 2 heterocycles. The van der Waals surface area contributed by atoms with Crippen molar-refractivity contribution in [3.8, 4) is 0 Å². The molecule has 0 atom stereocenters. The zero-order valence-corrected chi connectivity index (χ0v) is 14.7. The number of piperidine rings is 1. The van der Waals surface area contributed by atoms with E-state index in [1.165, 1.54) is 6.33 Å². The molecule has 7 heteroatoms. The van der Waals surface area contributed by atoms with Crippen LogP contribution >= 0.6 is 0 Å². The van der Waals surface area contributed by atoms with Crippen molar-refractivity contribution in [3.05, 3.63) is 40.4 Å². The number of aliphatic hydroxyl groups is 1. The van der Waals surface area contributed by atoms with Gasteiger partial charge < -0.3 is 19.7 Å². The molecule has 0 unspecified atom stereocenters. The largest absolute Gasteiger partial charge is 0.444 e. The summed E-state index contributed by atoms with van der Waals surface area (Å²) in [5.41, 5.74) is -0.599. The van der Waals surface area contributed by atoms with Crippen LogP contribution in [-0.2, 0) is 10.3 Å². The molecule has 1 aromatic heterocycles. The van der Waals surface area contributed by atoms with Crippen molar-refractivity contribution >= 4 is 17.0 Å². The SMILES string of the molecule is CC(C)(C)OC(=O)N1CCC(O)(c2ccc3nc[nH]c(=O)c3c2)CC1. The molecular weight excluding hydrogens is 322 g/mol. The summed E-state index contributed by atoms with van der Waals surface area (Å²) in [5.74, 6) is 0. The number of benzene rings is 1. The number of amides is 1. The molecule has 1 aromatic carbocycles. The minimum atomic E-state index is -1.07. The van der Waals surface area contributed by atoms with E-state index in [1.54, 1.807) is 23.1 Å². The quantitative estimate of drug-likeness (QED) is 0.825. The van der Waals surface area contributed by atoms with Gasteiger partial charge in [0.15, 0.2) is 0 Å². The number of aromatic amines is 1. The summed E-state index contributed by atoms with van der Waals surface area (Å²) < 4.78 is 5.38. The number of ether oxygens (including phenoxy) is 1. The molecule has 2 N–H and O–H groups in total. The maximum atomic E-state index is 12.1. The first-order valence-corrected chi connectivity index (χ1v) is 8.36. The van der Waals surface area contributed by atoms with Crippen LogP contribution in [0.15, 0.2) is 29.3 Å². The number of nitrogens with zero attached hydrogens (tertiary/aromatic N) is 2. The van der Waals surface area contributed by atoms with Crippen LogP contribution in [-0.4, -0.2) is 44.8 Å². The van der Waals surface area contributed by atoms with Gasteiger partial charge in [-0.2, -0.15) is 0 Å². The van der Waals surface area contributed by atoms with Gasteiger partial charge >= 0.3 is 6.09 Å². The number of fused-ring (bicyclic) bond motifs is 1. The van der Waals surface area contributed by atoms with E-state index >= 15 is 0 Å². The second-order valence-corrected chi connectivity index (χ2v) is 7.46. The lowest BCUT2D eigenvalue weighted by atomic mass is 9.84. The number of carbonyl (C=O) groups excluding carboxylic acids is 1. The average molecular weight is 345 g/mol. The molecule has 3 rings (SSSR count). The van der Waals surface area contributed by atoms with Crippen LogP contribution in [0, 0.1) is 0 Å². The Bertz CT molecular complexity index is 845. The second-order valence-electron chi connectivity index (χ2n) is 7.46. The first-order chi connectivity index (χ1) is 11.7. The predicted octanol–water partition coefficient (Wildman–Crippen LogP) is 2.14. The first-order valence-electron chi connectivity index (χ1n) is 8.36. The molecule has 25 heavy (non-hydrogen) atoms. The number of H-pyrrole nitrogens is 1. The average Bonchev–Trinajstić information content (AvgIpc) is 2.54. The van der Waals surface area contributed by atoms with Crippen molar-refractivity contribution in [2.24, 2.45) is 0 Å². The van der Waals surface area contributed by atoms with Gasteiger partial charge in [0.2, 0.25) is 0 Å². The maximum absolute atomic E-state index is 12.1. The standard InChI is InChI=1S/C18H23N3O4/c1-17(2,3)25-16(23)21-8-6-18(24,7-9-21)12-4-5-14-13(10-12)15(22)20-11-19-14/h4-5,10-11,24H,6-9H2,1-3H3,(H,19,20,22). The molecule has 0 saturated carbocycles. The van der Waals surface area contributed by atoms with Gasteiger partial charge in [0.05, 0.1) is 22.8 Å². The van der Waals surface area contributed by atoms with E-state index in [4.69, 9.17) is 4.74 Å². The van der Waals surface area contributed by atoms with Crippen LogP contribution in [0.25, 0.3) is 10.9 Å². The van der Waals surface area contributed by atoms with Gasteiger partial charge in [-0.15, -0.1) is 0 Å². The molecule has 1 fully saturated rings. The lowest BCUT2D eigenvalue weighted by molar-refractivity contribution is -0.0355. The van der Waals surface area contributed by atoms with Crippen molar-refractivity contribution in [3.63, 3.8) is 0 Å². The zero-order valence-electron chi connectivity index (χ0n) is 14.7. The Hall–Kier alpha value is -2.41. The normalized spacial score (nSPS) is 17.5. The molecule has 0 spiro atoms. The molecule has 0 bridgehead atoms. The molecular formula is C18H23N3O4. The fraction of sp³-hybridized carbons (Fsp3) is 0.500. The van der Waals surface area contributed by atoms with Crippen LogP contribution in [0.3, 0.4) is 0 Å². The molecule has 0 aliphatic carbocycles. The Kier molecular flexibility index (Phi) is 4.28. The Morgan fingerprint density at radius 2 is 2.00 bits per heavy atom. The topological polar surface area (TPSA) is 95.5 Å². The smallest absolute Gasteiger partial charge is 0.410 e. The van der Waals surface area contributed by atoms with Crippen LogP contribution in [0.1, 0.15) is 39.2 Å². The first kappa shape index (κ1) is 17.4. The highest BCUT2D eigenvalue weighted by Gasteiger charge is 2.36.